The van der Waals surface area contributed by atoms with Gasteiger partial charge in [-0.2, -0.15) is 0 Å². The lowest BCUT2D eigenvalue weighted by molar-refractivity contribution is -0.130. The number of furan rings is 1. The van der Waals surface area contributed by atoms with Crippen LogP contribution in [-0.2, 0) is 11.3 Å². The number of amides is 1. The molecular weight excluding hydrogens is 436 g/mol. The van der Waals surface area contributed by atoms with E-state index in [1.54, 1.807) is 48.8 Å². The lowest BCUT2D eigenvalue weighted by Crippen LogP contribution is -2.30. The van der Waals surface area contributed by atoms with Crippen molar-refractivity contribution in [3.8, 4) is 11.5 Å². The molecule has 3 aromatic rings. The normalized spacial score (nSPS) is 15.5. The van der Waals surface area contributed by atoms with Gasteiger partial charge in [0, 0.05) is 18.9 Å². The number of ether oxygens (including phenoxy) is 2. The first-order chi connectivity index (χ1) is 16.5. The van der Waals surface area contributed by atoms with Gasteiger partial charge in [-0.3, -0.25) is 14.6 Å². The van der Waals surface area contributed by atoms with Crippen molar-refractivity contribution >= 4 is 11.7 Å². The average Bonchev–Trinajstić information content (AvgIpc) is 3.47. The van der Waals surface area contributed by atoms with Gasteiger partial charge in [-0.05, 0) is 48.4 Å². The fourth-order valence-corrected chi connectivity index (χ4v) is 3.86. The van der Waals surface area contributed by atoms with Gasteiger partial charge in [-0.25, -0.2) is 0 Å². The smallest absolute Gasteiger partial charge is 0.290 e. The van der Waals surface area contributed by atoms with Crippen LogP contribution < -0.4 is 9.47 Å². The molecule has 1 amide bonds. The minimum Gasteiger partial charge on any atom is -0.503 e. The van der Waals surface area contributed by atoms with E-state index in [0.29, 0.717) is 23.7 Å². The quantitative estimate of drug-likeness (QED) is 0.353. The van der Waals surface area contributed by atoms with Crippen molar-refractivity contribution in [2.45, 2.75) is 19.5 Å². The van der Waals surface area contributed by atoms with E-state index in [0.717, 1.165) is 5.56 Å². The highest BCUT2D eigenvalue weighted by molar-refractivity contribution is 6.15. The van der Waals surface area contributed by atoms with E-state index < -0.39 is 23.5 Å². The summed E-state index contributed by atoms with van der Waals surface area (Å²) < 4.78 is 16.7. The van der Waals surface area contributed by atoms with Crippen molar-refractivity contribution < 1.29 is 28.6 Å². The molecule has 4 rings (SSSR count). The van der Waals surface area contributed by atoms with E-state index in [4.69, 9.17) is 13.9 Å². The summed E-state index contributed by atoms with van der Waals surface area (Å²) in [5, 5.41) is 10.8. The predicted molar refractivity (Wildman–Crippen MR) is 124 cm³/mol. The Kier molecular flexibility index (Phi) is 6.77. The Bertz CT molecular complexity index is 1220. The number of pyridine rings is 1. The van der Waals surface area contributed by atoms with Gasteiger partial charge < -0.3 is 23.9 Å². The number of aromatic nitrogens is 1. The van der Waals surface area contributed by atoms with E-state index in [9.17, 15) is 14.7 Å². The summed E-state index contributed by atoms with van der Waals surface area (Å²) in [4.78, 5) is 32.0. The number of Topliss-reactive ketones (excluding diaryl/α,β-unsaturated/α-hetero) is 1. The van der Waals surface area contributed by atoms with Crippen LogP contribution in [0.4, 0.5) is 0 Å². The number of aliphatic hydroxyl groups is 1. The zero-order valence-electron chi connectivity index (χ0n) is 18.6. The molecule has 0 saturated carbocycles. The molecule has 0 spiro atoms. The van der Waals surface area contributed by atoms with Crippen LogP contribution in [0.3, 0.4) is 0 Å². The van der Waals surface area contributed by atoms with Gasteiger partial charge in [0.15, 0.2) is 23.0 Å². The zero-order valence-corrected chi connectivity index (χ0v) is 18.6. The maximum absolute atomic E-state index is 13.3. The summed E-state index contributed by atoms with van der Waals surface area (Å²) in [7, 11) is 0. The highest BCUT2D eigenvalue weighted by Crippen LogP contribution is 2.42. The highest BCUT2D eigenvalue weighted by atomic mass is 16.5. The van der Waals surface area contributed by atoms with Crippen LogP contribution in [0.1, 0.15) is 34.6 Å². The summed E-state index contributed by atoms with van der Waals surface area (Å²) in [6, 6.07) is 10.9. The van der Waals surface area contributed by atoms with E-state index in [1.165, 1.54) is 17.2 Å². The molecule has 1 atom stereocenters. The Morgan fingerprint density at radius 1 is 1.24 bits per heavy atom. The van der Waals surface area contributed by atoms with Gasteiger partial charge in [0.25, 0.3) is 5.91 Å². The minimum atomic E-state index is -0.877. The van der Waals surface area contributed by atoms with Gasteiger partial charge in [-0.1, -0.05) is 24.8 Å². The van der Waals surface area contributed by atoms with Crippen molar-refractivity contribution in [1.29, 1.82) is 0 Å². The zero-order chi connectivity index (χ0) is 24.1. The van der Waals surface area contributed by atoms with Crippen LogP contribution in [-0.4, -0.2) is 39.9 Å². The minimum absolute atomic E-state index is 0.0264. The van der Waals surface area contributed by atoms with Crippen LogP contribution in [0.25, 0.3) is 0 Å². The molecule has 34 heavy (non-hydrogen) atoms. The maximum atomic E-state index is 13.3. The summed E-state index contributed by atoms with van der Waals surface area (Å²) in [6.45, 7) is 6.31. The molecule has 0 bridgehead atoms. The Morgan fingerprint density at radius 2 is 2.09 bits per heavy atom. The fourth-order valence-electron chi connectivity index (χ4n) is 3.86. The second-order valence-electron chi connectivity index (χ2n) is 7.50. The van der Waals surface area contributed by atoms with Gasteiger partial charge in [-0.15, -0.1) is 0 Å². The van der Waals surface area contributed by atoms with E-state index in [2.05, 4.69) is 11.6 Å². The third kappa shape index (κ3) is 4.43. The molecule has 1 N–H and O–H groups in total. The Balaban J connectivity index is 1.80. The molecule has 0 saturated heterocycles. The summed E-state index contributed by atoms with van der Waals surface area (Å²) in [5.74, 6) is -0.862. The molecule has 1 aromatic carbocycles. The third-order valence-corrected chi connectivity index (χ3v) is 5.31. The van der Waals surface area contributed by atoms with Crippen molar-refractivity contribution in [3.63, 3.8) is 0 Å². The Labute approximate surface area is 196 Å². The van der Waals surface area contributed by atoms with Crippen molar-refractivity contribution in [2.75, 3.05) is 13.2 Å². The monoisotopic (exact) mass is 460 g/mol. The van der Waals surface area contributed by atoms with E-state index in [-0.39, 0.29) is 24.5 Å². The second kappa shape index (κ2) is 10.1. The highest BCUT2D eigenvalue weighted by Gasteiger charge is 2.44. The molecule has 1 aliphatic heterocycles. The number of hydrogen-bond acceptors (Lipinski definition) is 7. The first kappa shape index (κ1) is 22.8. The second-order valence-corrected chi connectivity index (χ2v) is 7.50. The molecule has 1 aliphatic rings. The van der Waals surface area contributed by atoms with E-state index >= 15 is 0 Å². The topological polar surface area (TPSA) is 102 Å². The molecule has 8 heteroatoms. The lowest BCUT2D eigenvalue weighted by Gasteiger charge is -2.27. The maximum Gasteiger partial charge on any atom is 0.290 e. The van der Waals surface area contributed by atoms with Gasteiger partial charge in [0.1, 0.15) is 6.61 Å². The number of carbonyl (C=O) groups excluding carboxylic acids is 2. The van der Waals surface area contributed by atoms with Gasteiger partial charge in [0.05, 0.1) is 24.5 Å². The summed E-state index contributed by atoms with van der Waals surface area (Å²) in [6.07, 6.45) is 6.25. The van der Waals surface area contributed by atoms with Crippen LogP contribution >= 0.6 is 0 Å². The number of ketones is 1. The lowest BCUT2D eigenvalue weighted by atomic mass is 9.94. The van der Waals surface area contributed by atoms with Gasteiger partial charge >= 0.3 is 0 Å². The van der Waals surface area contributed by atoms with Crippen molar-refractivity contribution in [3.05, 3.63) is 102 Å². The average molecular weight is 460 g/mol. The Hall–Kier alpha value is -4.33. The first-order valence-corrected chi connectivity index (χ1v) is 10.8. The summed E-state index contributed by atoms with van der Waals surface area (Å²) in [5.41, 5.74) is 1.26. The standard InChI is InChI=1S/C26H24N2O6/c1-3-12-33-19-10-9-18(14-21(19)32-4-2)23-22(24(29)20-8-6-13-34-20)25(30)26(31)28(23)16-17-7-5-11-27-15-17/h3,5-11,13-15,23,30H,1,4,12,16H2,2H3. The molecule has 1 unspecified atom stereocenters. The van der Waals surface area contributed by atoms with Crippen molar-refractivity contribution in [2.24, 2.45) is 0 Å². The number of carbonyl (C=O) groups is 2. The van der Waals surface area contributed by atoms with Crippen molar-refractivity contribution in [1.82, 2.24) is 9.88 Å². The SMILES string of the molecule is C=CCOc1ccc(C2C(C(=O)c3ccco3)=C(O)C(=O)N2Cc2cccnc2)cc1OCC. The van der Waals surface area contributed by atoms with Crippen LogP contribution in [0.5, 0.6) is 11.5 Å². The largest absolute Gasteiger partial charge is 0.503 e. The number of aliphatic hydroxyl groups excluding tert-OH is 1. The number of rotatable bonds is 10. The molecule has 0 aliphatic carbocycles. The third-order valence-electron chi connectivity index (χ3n) is 5.31. The molecule has 0 fully saturated rings. The molecule has 174 valence electrons. The molecule has 3 heterocycles. The Morgan fingerprint density at radius 3 is 2.76 bits per heavy atom. The molecule has 0 radical (unpaired) electrons. The first-order valence-electron chi connectivity index (χ1n) is 10.8. The van der Waals surface area contributed by atoms with Crippen LogP contribution in [0.15, 0.2) is 89.5 Å². The molecular formula is C26H24N2O6. The molecule has 2 aromatic heterocycles. The summed E-state index contributed by atoms with van der Waals surface area (Å²) >= 11 is 0. The predicted octanol–water partition coefficient (Wildman–Crippen LogP) is 4.42. The number of benzene rings is 1. The van der Waals surface area contributed by atoms with E-state index in [1.807, 2.05) is 13.0 Å². The fraction of sp³-hybridized carbons (Fsp3) is 0.192. The number of hydrogen-bond donors (Lipinski definition) is 1. The van der Waals surface area contributed by atoms with Gasteiger partial charge in [0.2, 0.25) is 5.78 Å². The van der Waals surface area contributed by atoms with Crippen LogP contribution in [0, 0.1) is 0 Å². The van der Waals surface area contributed by atoms with Crippen LogP contribution in [0.2, 0.25) is 0 Å². The number of nitrogens with zero attached hydrogens (tertiary/aromatic N) is 2. The molecule has 8 nitrogen and oxygen atoms in total.